The lowest BCUT2D eigenvalue weighted by molar-refractivity contribution is 0.143. The highest BCUT2D eigenvalue weighted by Crippen LogP contribution is 2.27. The summed E-state index contributed by atoms with van der Waals surface area (Å²) >= 11 is 0. The summed E-state index contributed by atoms with van der Waals surface area (Å²) in [6.07, 6.45) is 2.54. The second-order valence-corrected chi connectivity index (χ2v) is 5.39. The molecule has 0 N–H and O–H groups in total. The largest absolute Gasteiger partial charge is 0.492 e. The molecule has 0 saturated carbocycles. The lowest BCUT2D eigenvalue weighted by Crippen LogP contribution is -2.40. The fourth-order valence-electron chi connectivity index (χ4n) is 2.51. The van der Waals surface area contributed by atoms with Crippen LogP contribution in [0.3, 0.4) is 0 Å². The molecule has 0 amide bonds. The maximum atomic E-state index is 8.81. The molecule has 1 fully saturated rings. The van der Waals surface area contributed by atoms with Gasteiger partial charge >= 0.3 is 0 Å². The van der Waals surface area contributed by atoms with E-state index >= 15 is 0 Å². The summed E-state index contributed by atoms with van der Waals surface area (Å²) in [5.41, 5.74) is 0.951. The van der Waals surface area contributed by atoms with Gasteiger partial charge in [-0.1, -0.05) is 6.07 Å². The second-order valence-electron chi connectivity index (χ2n) is 5.39. The molecule has 1 aliphatic rings. The Morgan fingerprint density at radius 3 is 2.94 bits per heavy atom. The van der Waals surface area contributed by atoms with Crippen molar-refractivity contribution in [3.8, 4) is 11.8 Å². The quantitative estimate of drug-likeness (QED) is 0.817. The van der Waals surface area contributed by atoms with E-state index in [4.69, 9.17) is 10.00 Å². The topological polar surface area (TPSA) is 36.3 Å². The van der Waals surface area contributed by atoms with E-state index in [1.165, 1.54) is 12.8 Å². The summed E-state index contributed by atoms with van der Waals surface area (Å²) in [5, 5.41) is 8.81. The summed E-state index contributed by atoms with van der Waals surface area (Å²) < 4.78 is 5.71. The van der Waals surface area contributed by atoms with Crippen LogP contribution in [0.1, 0.15) is 32.3 Å². The van der Waals surface area contributed by atoms with Gasteiger partial charge in [0.1, 0.15) is 12.4 Å². The number of benzene rings is 1. The van der Waals surface area contributed by atoms with Gasteiger partial charge in [-0.3, -0.25) is 4.90 Å². The predicted octanol–water partition coefficient (Wildman–Crippen LogP) is 2.81. The van der Waals surface area contributed by atoms with Gasteiger partial charge in [-0.25, -0.2) is 0 Å². The van der Waals surface area contributed by atoms with Crippen LogP contribution in [0.4, 0.5) is 0 Å². The molecule has 1 aromatic rings. The fraction of sp³-hybridized carbons (Fsp3) is 0.533. The summed E-state index contributed by atoms with van der Waals surface area (Å²) in [4.78, 5) is 2.47. The molecule has 0 aromatic heterocycles. The Balaban J connectivity index is 1.83. The van der Waals surface area contributed by atoms with Crippen molar-refractivity contribution in [3.05, 3.63) is 29.8 Å². The lowest BCUT2D eigenvalue weighted by atomic mass is 10.0. The fourth-order valence-corrected chi connectivity index (χ4v) is 2.51. The molecule has 2 rings (SSSR count). The Labute approximate surface area is 109 Å². The van der Waals surface area contributed by atoms with Crippen molar-refractivity contribution in [1.29, 1.82) is 5.26 Å². The van der Waals surface area contributed by atoms with Gasteiger partial charge < -0.3 is 4.74 Å². The van der Waals surface area contributed by atoms with Crippen LogP contribution in [0.15, 0.2) is 24.3 Å². The molecule has 0 spiro atoms. The SMILES string of the molecule is CC1(C)CCCN1CCOc1cccc(C#N)c1. The minimum atomic E-state index is 0.303. The maximum Gasteiger partial charge on any atom is 0.120 e. The van der Waals surface area contributed by atoms with Gasteiger partial charge in [0.05, 0.1) is 11.6 Å². The number of nitriles is 1. The number of nitrogens with zero attached hydrogens (tertiary/aromatic N) is 2. The Bertz CT molecular complexity index is 448. The van der Waals surface area contributed by atoms with Crippen molar-refractivity contribution in [2.24, 2.45) is 0 Å². The molecule has 96 valence electrons. The molecule has 1 aliphatic heterocycles. The van der Waals surface area contributed by atoms with Gasteiger partial charge in [-0.05, 0) is 51.4 Å². The molecule has 1 saturated heterocycles. The number of ether oxygens (including phenoxy) is 1. The predicted molar refractivity (Wildman–Crippen MR) is 71.5 cm³/mol. The molecule has 0 aliphatic carbocycles. The average molecular weight is 244 g/mol. The lowest BCUT2D eigenvalue weighted by Gasteiger charge is -2.31. The first-order chi connectivity index (χ1) is 8.62. The van der Waals surface area contributed by atoms with E-state index in [1.807, 2.05) is 12.1 Å². The first kappa shape index (κ1) is 12.9. The third-order valence-corrected chi connectivity index (χ3v) is 3.67. The van der Waals surface area contributed by atoms with E-state index < -0.39 is 0 Å². The highest BCUT2D eigenvalue weighted by molar-refractivity contribution is 5.36. The van der Waals surface area contributed by atoms with E-state index in [0.29, 0.717) is 17.7 Å². The molecule has 3 nitrogen and oxygen atoms in total. The van der Waals surface area contributed by atoms with Gasteiger partial charge in [0.2, 0.25) is 0 Å². The molecular weight excluding hydrogens is 224 g/mol. The zero-order chi connectivity index (χ0) is 13.0. The monoisotopic (exact) mass is 244 g/mol. The highest BCUT2D eigenvalue weighted by atomic mass is 16.5. The molecule has 18 heavy (non-hydrogen) atoms. The van der Waals surface area contributed by atoms with Crippen LogP contribution in [0.2, 0.25) is 0 Å². The van der Waals surface area contributed by atoms with E-state index in [-0.39, 0.29) is 0 Å². The van der Waals surface area contributed by atoms with Crippen molar-refractivity contribution in [1.82, 2.24) is 4.90 Å². The van der Waals surface area contributed by atoms with Crippen LogP contribution < -0.4 is 4.74 Å². The van der Waals surface area contributed by atoms with Crippen molar-refractivity contribution >= 4 is 0 Å². The molecular formula is C15H20N2O. The van der Waals surface area contributed by atoms with Crippen LogP contribution in [-0.2, 0) is 0 Å². The molecule has 0 radical (unpaired) electrons. The number of likely N-dealkylation sites (tertiary alicyclic amines) is 1. The smallest absolute Gasteiger partial charge is 0.120 e. The molecule has 0 bridgehead atoms. The van der Waals surface area contributed by atoms with Crippen molar-refractivity contribution in [3.63, 3.8) is 0 Å². The Hall–Kier alpha value is -1.53. The zero-order valence-corrected chi connectivity index (χ0v) is 11.1. The van der Waals surface area contributed by atoms with E-state index in [2.05, 4.69) is 24.8 Å². The summed E-state index contributed by atoms with van der Waals surface area (Å²) in [5.74, 6) is 0.783. The summed E-state index contributed by atoms with van der Waals surface area (Å²) in [6, 6.07) is 9.45. The first-order valence-electron chi connectivity index (χ1n) is 6.50. The van der Waals surface area contributed by atoms with Crippen LogP contribution in [0.5, 0.6) is 5.75 Å². The average Bonchev–Trinajstić information content (AvgIpc) is 2.69. The van der Waals surface area contributed by atoms with Crippen LogP contribution in [0.25, 0.3) is 0 Å². The summed E-state index contributed by atoms with van der Waals surface area (Å²) in [6.45, 7) is 7.36. The molecule has 0 atom stereocenters. The molecule has 1 heterocycles. The van der Waals surface area contributed by atoms with E-state index in [9.17, 15) is 0 Å². The van der Waals surface area contributed by atoms with Crippen molar-refractivity contribution in [2.75, 3.05) is 19.7 Å². The third-order valence-electron chi connectivity index (χ3n) is 3.67. The Kier molecular flexibility index (Phi) is 3.88. The number of rotatable bonds is 4. The second kappa shape index (κ2) is 5.41. The van der Waals surface area contributed by atoms with Gasteiger partial charge in [-0.15, -0.1) is 0 Å². The molecule has 3 heteroatoms. The zero-order valence-electron chi connectivity index (χ0n) is 11.1. The Morgan fingerprint density at radius 2 is 2.28 bits per heavy atom. The number of hydrogen-bond acceptors (Lipinski definition) is 3. The van der Waals surface area contributed by atoms with Crippen LogP contribution in [-0.4, -0.2) is 30.1 Å². The van der Waals surface area contributed by atoms with Gasteiger partial charge in [0.15, 0.2) is 0 Å². The van der Waals surface area contributed by atoms with Crippen molar-refractivity contribution in [2.45, 2.75) is 32.2 Å². The molecule has 0 unspecified atom stereocenters. The minimum Gasteiger partial charge on any atom is -0.492 e. The normalized spacial score (nSPS) is 18.5. The molecule has 1 aromatic carbocycles. The van der Waals surface area contributed by atoms with Crippen LogP contribution >= 0.6 is 0 Å². The van der Waals surface area contributed by atoms with E-state index in [0.717, 1.165) is 18.8 Å². The highest BCUT2D eigenvalue weighted by Gasteiger charge is 2.31. The maximum absolute atomic E-state index is 8.81. The standard InChI is InChI=1S/C15H20N2O/c1-15(2)7-4-8-17(15)9-10-18-14-6-3-5-13(11-14)12-16/h3,5-6,11H,4,7-10H2,1-2H3. The van der Waals surface area contributed by atoms with Gasteiger partial charge in [0.25, 0.3) is 0 Å². The van der Waals surface area contributed by atoms with E-state index in [1.54, 1.807) is 12.1 Å². The minimum absolute atomic E-state index is 0.303. The van der Waals surface area contributed by atoms with Crippen molar-refractivity contribution < 1.29 is 4.74 Å². The first-order valence-corrected chi connectivity index (χ1v) is 6.50. The third kappa shape index (κ3) is 3.02. The van der Waals surface area contributed by atoms with Crippen LogP contribution in [0, 0.1) is 11.3 Å². The Morgan fingerprint density at radius 1 is 1.44 bits per heavy atom. The van der Waals surface area contributed by atoms with Gasteiger partial charge in [0, 0.05) is 12.1 Å². The van der Waals surface area contributed by atoms with Gasteiger partial charge in [-0.2, -0.15) is 5.26 Å². The summed E-state index contributed by atoms with van der Waals surface area (Å²) in [7, 11) is 0. The number of hydrogen-bond donors (Lipinski definition) is 0.